The number of hydrogen-bond donors (Lipinski definition) is 1. The van der Waals surface area contributed by atoms with Gasteiger partial charge in [-0.05, 0) is 95.0 Å². The van der Waals surface area contributed by atoms with Gasteiger partial charge in [0.1, 0.15) is 0 Å². The van der Waals surface area contributed by atoms with Crippen LogP contribution in [0.25, 0.3) is 5.57 Å². The molecule has 1 atom stereocenters. The Bertz CT molecular complexity index is 1350. The molecule has 2 aliphatic heterocycles. The Kier molecular flexibility index (Phi) is 5.25. The normalized spacial score (nSPS) is 21.9. The number of aryl methyl sites for hydroxylation is 1. The molecule has 2 heterocycles. The zero-order valence-corrected chi connectivity index (χ0v) is 22.0. The lowest BCUT2D eigenvalue weighted by atomic mass is 9.65. The Morgan fingerprint density at radius 2 is 1.57 bits per heavy atom. The summed E-state index contributed by atoms with van der Waals surface area (Å²) >= 11 is 0. The number of para-hydroxylation sites is 1. The third-order valence-electron chi connectivity index (χ3n) is 7.74. The van der Waals surface area contributed by atoms with Crippen molar-refractivity contribution in [1.82, 2.24) is 0 Å². The first-order valence-electron chi connectivity index (χ1n) is 12.5. The minimum atomic E-state index is -0.423. The van der Waals surface area contributed by atoms with Crippen molar-refractivity contribution in [3.05, 3.63) is 101 Å². The Morgan fingerprint density at radius 3 is 2.29 bits per heavy atom. The number of allylic oxidation sites excluding steroid dienone is 1. The molecule has 35 heavy (non-hydrogen) atoms. The number of amides is 1. The maximum Gasteiger partial charge on any atom is 0.259 e. The molecule has 0 fully saturated rings. The average Bonchev–Trinajstić information content (AvgIpc) is 2.78. The topological polar surface area (TPSA) is 32.3 Å². The second-order valence-electron chi connectivity index (χ2n) is 11.8. The number of fused-ring (bicyclic) bond motifs is 2. The molecule has 3 heteroatoms. The fourth-order valence-electron chi connectivity index (χ4n) is 6.29. The van der Waals surface area contributed by atoms with Crippen molar-refractivity contribution < 1.29 is 4.79 Å². The van der Waals surface area contributed by atoms with Crippen molar-refractivity contribution in [3.63, 3.8) is 0 Å². The summed E-state index contributed by atoms with van der Waals surface area (Å²) < 4.78 is 0. The smallest absolute Gasteiger partial charge is 0.259 e. The fraction of sp³-hybridized carbons (Fsp3) is 0.344. The van der Waals surface area contributed by atoms with Crippen LogP contribution in [-0.2, 0) is 5.41 Å². The molecule has 5 rings (SSSR count). The molecule has 1 amide bonds. The molecule has 0 aromatic heterocycles. The first-order chi connectivity index (χ1) is 16.4. The molecule has 0 radical (unpaired) electrons. The predicted octanol–water partition coefficient (Wildman–Crippen LogP) is 7.74. The Labute approximate surface area is 209 Å². The second-order valence-corrected chi connectivity index (χ2v) is 11.8. The largest absolute Gasteiger partial charge is 0.380 e. The SMILES string of the molecule is CC1=CC(C)(C)N(C(=O)c2ccc(C)cc2)c2ccc(C3(C)CC(C)(C)Nc4ccccc43)cc21. The van der Waals surface area contributed by atoms with Crippen LogP contribution in [0.5, 0.6) is 0 Å². The molecule has 3 aromatic carbocycles. The second kappa shape index (κ2) is 7.84. The molecule has 3 aromatic rings. The van der Waals surface area contributed by atoms with E-state index in [1.54, 1.807) is 0 Å². The number of anilines is 2. The molecule has 180 valence electrons. The molecule has 3 nitrogen and oxygen atoms in total. The number of hydrogen-bond acceptors (Lipinski definition) is 2. The van der Waals surface area contributed by atoms with Gasteiger partial charge in [-0.2, -0.15) is 0 Å². The summed E-state index contributed by atoms with van der Waals surface area (Å²) in [6.45, 7) is 15.4. The number of benzene rings is 3. The van der Waals surface area contributed by atoms with E-state index in [9.17, 15) is 4.79 Å². The molecule has 0 saturated heterocycles. The Hall–Kier alpha value is -3.33. The van der Waals surface area contributed by atoms with Crippen LogP contribution in [0.15, 0.2) is 72.8 Å². The van der Waals surface area contributed by atoms with Crippen LogP contribution in [0.2, 0.25) is 0 Å². The lowest BCUT2D eigenvalue weighted by molar-refractivity contribution is 0.0970. The van der Waals surface area contributed by atoms with Gasteiger partial charge in [-0.3, -0.25) is 9.69 Å². The lowest BCUT2D eigenvalue weighted by Gasteiger charge is -2.47. The fourth-order valence-corrected chi connectivity index (χ4v) is 6.29. The van der Waals surface area contributed by atoms with E-state index >= 15 is 0 Å². The van der Waals surface area contributed by atoms with Gasteiger partial charge >= 0.3 is 0 Å². The minimum absolute atomic E-state index is 0.0284. The van der Waals surface area contributed by atoms with Crippen LogP contribution < -0.4 is 10.2 Å². The van der Waals surface area contributed by atoms with Crippen LogP contribution in [0.1, 0.15) is 80.6 Å². The highest BCUT2D eigenvalue weighted by atomic mass is 16.2. The van der Waals surface area contributed by atoms with Crippen LogP contribution in [0.3, 0.4) is 0 Å². The summed E-state index contributed by atoms with van der Waals surface area (Å²) in [4.78, 5) is 15.7. The van der Waals surface area contributed by atoms with Crippen molar-refractivity contribution in [3.8, 4) is 0 Å². The van der Waals surface area contributed by atoms with Crippen molar-refractivity contribution >= 4 is 22.9 Å². The van der Waals surface area contributed by atoms with E-state index in [-0.39, 0.29) is 16.9 Å². The maximum atomic E-state index is 13.8. The van der Waals surface area contributed by atoms with Gasteiger partial charge in [0, 0.05) is 27.8 Å². The highest BCUT2D eigenvalue weighted by molar-refractivity contribution is 6.10. The van der Waals surface area contributed by atoms with E-state index in [4.69, 9.17) is 0 Å². The molecule has 2 aliphatic rings. The summed E-state index contributed by atoms with van der Waals surface area (Å²) in [5.41, 5.74) is 8.42. The van der Waals surface area contributed by atoms with E-state index < -0.39 is 5.54 Å². The van der Waals surface area contributed by atoms with E-state index in [1.807, 2.05) is 36.1 Å². The first kappa shape index (κ1) is 23.4. The first-order valence-corrected chi connectivity index (χ1v) is 12.5. The van der Waals surface area contributed by atoms with E-state index in [1.165, 1.54) is 22.4 Å². The van der Waals surface area contributed by atoms with Gasteiger partial charge in [0.2, 0.25) is 0 Å². The molecule has 0 saturated carbocycles. The van der Waals surface area contributed by atoms with Crippen LogP contribution in [0, 0.1) is 6.92 Å². The number of rotatable bonds is 2. The zero-order chi connectivity index (χ0) is 25.2. The maximum absolute atomic E-state index is 13.8. The average molecular weight is 465 g/mol. The van der Waals surface area contributed by atoms with Crippen molar-refractivity contribution in [2.75, 3.05) is 10.2 Å². The number of carbonyl (C=O) groups is 1. The monoisotopic (exact) mass is 464 g/mol. The molecular formula is C32H36N2O. The quantitative estimate of drug-likeness (QED) is 0.421. The predicted molar refractivity (Wildman–Crippen MR) is 147 cm³/mol. The minimum Gasteiger partial charge on any atom is -0.380 e. The molecule has 0 aliphatic carbocycles. The van der Waals surface area contributed by atoms with Crippen LogP contribution in [-0.4, -0.2) is 17.0 Å². The summed E-state index contributed by atoms with van der Waals surface area (Å²) in [6.07, 6.45) is 3.21. The van der Waals surface area contributed by atoms with Gasteiger partial charge < -0.3 is 5.32 Å². The lowest BCUT2D eigenvalue weighted by Crippen LogP contribution is -2.49. The van der Waals surface area contributed by atoms with E-state index in [2.05, 4.69) is 95.4 Å². The van der Waals surface area contributed by atoms with Gasteiger partial charge in [-0.1, -0.05) is 55.0 Å². The van der Waals surface area contributed by atoms with Gasteiger partial charge in [-0.15, -0.1) is 0 Å². The van der Waals surface area contributed by atoms with Gasteiger partial charge in [0.15, 0.2) is 0 Å². The third kappa shape index (κ3) is 3.87. The summed E-state index contributed by atoms with van der Waals surface area (Å²) in [5.74, 6) is 0.0345. The highest BCUT2D eigenvalue weighted by Crippen LogP contribution is 2.49. The summed E-state index contributed by atoms with van der Waals surface area (Å²) in [7, 11) is 0. The Morgan fingerprint density at radius 1 is 0.886 bits per heavy atom. The number of nitrogens with zero attached hydrogens (tertiary/aromatic N) is 1. The summed E-state index contributed by atoms with van der Waals surface area (Å²) in [5, 5.41) is 3.72. The van der Waals surface area contributed by atoms with E-state index in [0.29, 0.717) is 5.56 Å². The summed E-state index contributed by atoms with van der Waals surface area (Å²) in [6, 6.07) is 23.3. The highest BCUT2D eigenvalue weighted by Gasteiger charge is 2.43. The molecule has 1 unspecified atom stereocenters. The number of carbonyl (C=O) groups excluding carboxylic acids is 1. The Balaban J connectivity index is 1.64. The van der Waals surface area contributed by atoms with Gasteiger partial charge in [-0.25, -0.2) is 0 Å². The van der Waals surface area contributed by atoms with Crippen molar-refractivity contribution in [2.45, 2.75) is 71.4 Å². The van der Waals surface area contributed by atoms with Crippen molar-refractivity contribution in [1.29, 1.82) is 0 Å². The molecular weight excluding hydrogens is 428 g/mol. The van der Waals surface area contributed by atoms with Gasteiger partial charge in [0.05, 0.1) is 11.2 Å². The number of nitrogens with one attached hydrogen (secondary N) is 1. The van der Waals surface area contributed by atoms with Crippen molar-refractivity contribution in [2.24, 2.45) is 0 Å². The van der Waals surface area contributed by atoms with Crippen LogP contribution in [0.4, 0.5) is 11.4 Å². The zero-order valence-electron chi connectivity index (χ0n) is 22.0. The third-order valence-corrected chi connectivity index (χ3v) is 7.74. The van der Waals surface area contributed by atoms with Gasteiger partial charge in [0.25, 0.3) is 5.91 Å². The standard InChI is InChI=1S/C32H36N2O/c1-21-12-14-23(15-13-21)29(35)34-28-17-16-24(18-25(28)22(2)19-31(34,5)6)32(7)20-30(3,4)33-27-11-9-8-10-26(27)32/h8-19,33H,20H2,1-7H3. The molecule has 0 spiro atoms. The molecule has 0 bridgehead atoms. The van der Waals surface area contributed by atoms with E-state index in [0.717, 1.165) is 23.2 Å². The molecule has 1 N–H and O–H groups in total. The van der Waals surface area contributed by atoms with Crippen LogP contribution >= 0.6 is 0 Å².